The third-order valence-electron chi connectivity index (χ3n) is 3.04. The standard InChI is InChI=1S/C14H18FN3/c1-9(2)14-11(7-16)8-17-18(14)13-5-4-12(15)6-10(13)3/h4-6,8-9H,7,16H2,1-3H3. The summed E-state index contributed by atoms with van der Waals surface area (Å²) < 4.78 is 15.0. The first-order valence-electron chi connectivity index (χ1n) is 6.08. The molecule has 0 aliphatic carbocycles. The Kier molecular flexibility index (Phi) is 3.48. The first-order valence-corrected chi connectivity index (χ1v) is 6.08. The second kappa shape index (κ2) is 4.90. The van der Waals surface area contributed by atoms with Crippen molar-refractivity contribution in [3.05, 3.63) is 47.0 Å². The van der Waals surface area contributed by atoms with Crippen LogP contribution in [0.25, 0.3) is 5.69 Å². The molecule has 0 saturated heterocycles. The number of halogens is 1. The van der Waals surface area contributed by atoms with Crippen LogP contribution in [0.5, 0.6) is 0 Å². The summed E-state index contributed by atoms with van der Waals surface area (Å²) in [4.78, 5) is 0. The molecule has 0 aliphatic rings. The van der Waals surface area contributed by atoms with Gasteiger partial charge < -0.3 is 5.73 Å². The van der Waals surface area contributed by atoms with Crippen molar-refractivity contribution in [3.8, 4) is 5.69 Å². The van der Waals surface area contributed by atoms with Crippen molar-refractivity contribution in [1.82, 2.24) is 9.78 Å². The van der Waals surface area contributed by atoms with Crippen LogP contribution in [0.1, 0.15) is 36.6 Å². The summed E-state index contributed by atoms with van der Waals surface area (Å²) in [5.41, 5.74) is 9.62. The number of benzene rings is 1. The number of hydrogen-bond donors (Lipinski definition) is 1. The van der Waals surface area contributed by atoms with Gasteiger partial charge in [-0.1, -0.05) is 13.8 Å². The van der Waals surface area contributed by atoms with Gasteiger partial charge >= 0.3 is 0 Å². The van der Waals surface area contributed by atoms with Gasteiger partial charge in [0, 0.05) is 12.1 Å². The maximum absolute atomic E-state index is 13.1. The first-order chi connectivity index (χ1) is 8.54. The summed E-state index contributed by atoms with van der Waals surface area (Å²) in [7, 11) is 0. The van der Waals surface area contributed by atoms with E-state index in [2.05, 4.69) is 18.9 Å². The fourth-order valence-corrected chi connectivity index (χ4v) is 2.21. The summed E-state index contributed by atoms with van der Waals surface area (Å²) in [5, 5.41) is 4.38. The lowest BCUT2D eigenvalue weighted by Gasteiger charge is -2.14. The number of rotatable bonds is 3. The monoisotopic (exact) mass is 247 g/mol. The van der Waals surface area contributed by atoms with Crippen LogP contribution in [0.2, 0.25) is 0 Å². The van der Waals surface area contributed by atoms with Crippen LogP contribution in [0, 0.1) is 12.7 Å². The van der Waals surface area contributed by atoms with Gasteiger partial charge in [0.1, 0.15) is 5.82 Å². The smallest absolute Gasteiger partial charge is 0.123 e. The Morgan fingerprint density at radius 2 is 2.11 bits per heavy atom. The van der Waals surface area contributed by atoms with Gasteiger partial charge in [-0.25, -0.2) is 9.07 Å². The van der Waals surface area contributed by atoms with E-state index < -0.39 is 0 Å². The van der Waals surface area contributed by atoms with Crippen molar-refractivity contribution < 1.29 is 4.39 Å². The molecular weight excluding hydrogens is 229 g/mol. The zero-order valence-electron chi connectivity index (χ0n) is 10.9. The molecule has 4 heteroatoms. The van der Waals surface area contributed by atoms with Crippen molar-refractivity contribution >= 4 is 0 Å². The fourth-order valence-electron chi connectivity index (χ4n) is 2.21. The Hall–Kier alpha value is -1.68. The van der Waals surface area contributed by atoms with Crippen LogP contribution in [-0.4, -0.2) is 9.78 Å². The molecule has 0 bridgehead atoms. The second-order valence-electron chi connectivity index (χ2n) is 4.76. The van der Waals surface area contributed by atoms with Gasteiger partial charge in [-0.15, -0.1) is 0 Å². The molecule has 18 heavy (non-hydrogen) atoms. The predicted octanol–water partition coefficient (Wildman–Crippen LogP) is 2.90. The number of hydrogen-bond acceptors (Lipinski definition) is 2. The van der Waals surface area contributed by atoms with Gasteiger partial charge in [0.05, 0.1) is 17.6 Å². The minimum atomic E-state index is -0.228. The Morgan fingerprint density at radius 3 is 2.67 bits per heavy atom. The Morgan fingerprint density at radius 1 is 1.39 bits per heavy atom. The molecule has 0 unspecified atom stereocenters. The number of aromatic nitrogens is 2. The molecule has 3 nitrogen and oxygen atoms in total. The van der Waals surface area contributed by atoms with Crippen LogP contribution < -0.4 is 5.73 Å². The fraction of sp³-hybridized carbons (Fsp3) is 0.357. The number of nitrogens with zero attached hydrogens (tertiary/aromatic N) is 2. The van der Waals surface area contributed by atoms with Crippen molar-refractivity contribution in [2.75, 3.05) is 0 Å². The Bertz CT molecular complexity index is 558. The molecule has 1 heterocycles. The molecule has 0 fully saturated rings. The van der Waals surface area contributed by atoms with E-state index in [1.165, 1.54) is 12.1 Å². The van der Waals surface area contributed by atoms with E-state index >= 15 is 0 Å². The van der Waals surface area contributed by atoms with Crippen molar-refractivity contribution in [2.24, 2.45) is 5.73 Å². The van der Waals surface area contributed by atoms with Crippen LogP contribution in [-0.2, 0) is 6.54 Å². The molecule has 2 N–H and O–H groups in total. The second-order valence-corrected chi connectivity index (χ2v) is 4.76. The highest BCUT2D eigenvalue weighted by atomic mass is 19.1. The van der Waals surface area contributed by atoms with E-state index in [9.17, 15) is 4.39 Å². The van der Waals surface area contributed by atoms with E-state index in [4.69, 9.17) is 5.73 Å². The minimum Gasteiger partial charge on any atom is -0.326 e. The van der Waals surface area contributed by atoms with E-state index in [0.717, 1.165) is 22.5 Å². The van der Waals surface area contributed by atoms with Crippen molar-refractivity contribution in [3.63, 3.8) is 0 Å². The lowest BCUT2D eigenvalue weighted by Crippen LogP contribution is -2.08. The molecule has 0 atom stereocenters. The van der Waals surface area contributed by atoms with Crippen LogP contribution >= 0.6 is 0 Å². The zero-order chi connectivity index (χ0) is 13.3. The van der Waals surface area contributed by atoms with Gasteiger partial charge in [-0.2, -0.15) is 5.10 Å². The Labute approximate surface area is 106 Å². The third-order valence-corrected chi connectivity index (χ3v) is 3.04. The van der Waals surface area contributed by atoms with Gasteiger partial charge in [-0.05, 0) is 36.6 Å². The molecule has 0 aliphatic heterocycles. The summed E-state index contributed by atoms with van der Waals surface area (Å²) in [6.45, 7) is 6.55. The van der Waals surface area contributed by atoms with E-state index in [-0.39, 0.29) is 5.82 Å². The van der Waals surface area contributed by atoms with Gasteiger partial charge in [0.15, 0.2) is 0 Å². The predicted molar refractivity (Wildman–Crippen MR) is 70.2 cm³/mol. The highest BCUT2D eigenvalue weighted by Gasteiger charge is 2.15. The minimum absolute atomic E-state index is 0.228. The molecule has 0 saturated carbocycles. The van der Waals surface area contributed by atoms with Gasteiger partial charge in [0.25, 0.3) is 0 Å². The zero-order valence-corrected chi connectivity index (χ0v) is 10.9. The molecule has 0 radical (unpaired) electrons. The van der Waals surface area contributed by atoms with Gasteiger partial charge in [-0.3, -0.25) is 0 Å². The van der Waals surface area contributed by atoms with Crippen molar-refractivity contribution in [1.29, 1.82) is 0 Å². The van der Waals surface area contributed by atoms with Crippen LogP contribution in [0.3, 0.4) is 0 Å². The summed E-state index contributed by atoms with van der Waals surface area (Å²) in [6.07, 6.45) is 1.79. The number of nitrogens with two attached hydrogens (primary N) is 1. The van der Waals surface area contributed by atoms with E-state index in [1.54, 1.807) is 12.3 Å². The maximum atomic E-state index is 13.1. The molecule has 0 spiro atoms. The van der Waals surface area contributed by atoms with E-state index in [0.29, 0.717) is 12.5 Å². The first kappa shape index (κ1) is 12.8. The molecule has 0 amide bonds. The SMILES string of the molecule is Cc1cc(F)ccc1-n1ncc(CN)c1C(C)C. The molecule has 96 valence electrons. The lowest BCUT2D eigenvalue weighted by atomic mass is 10.1. The summed E-state index contributed by atoms with van der Waals surface area (Å²) in [6, 6.07) is 4.73. The highest BCUT2D eigenvalue weighted by Crippen LogP contribution is 2.24. The quantitative estimate of drug-likeness (QED) is 0.906. The summed E-state index contributed by atoms with van der Waals surface area (Å²) >= 11 is 0. The molecule has 2 rings (SSSR count). The normalized spacial score (nSPS) is 11.2. The topological polar surface area (TPSA) is 43.8 Å². The molecule has 1 aromatic heterocycles. The average molecular weight is 247 g/mol. The highest BCUT2D eigenvalue weighted by molar-refractivity contribution is 5.42. The lowest BCUT2D eigenvalue weighted by molar-refractivity contribution is 0.624. The molecular formula is C14H18FN3. The average Bonchev–Trinajstić information content (AvgIpc) is 2.72. The number of aryl methyl sites for hydroxylation is 1. The van der Waals surface area contributed by atoms with E-state index in [1.807, 2.05) is 11.6 Å². The van der Waals surface area contributed by atoms with Crippen LogP contribution in [0.15, 0.2) is 24.4 Å². The molecule has 1 aromatic carbocycles. The van der Waals surface area contributed by atoms with Crippen LogP contribution in [0.4, 0.5) is 4.39 Å². The van der Waals surface area contributed by atoms with Gasteiger partial charge in [0.2, 0.25) is 0 Å². The summed E-state index contributed by atoms with van der Waals surface area (Å²) in [5.74, 6) is 0.0871. The Balaban J connectivity index is 2.60. The maximum Gasteiger partial charge on any atom is 0.123 e. The molecule has 2 aromatic rings. The third kappa shape index (κ3) is 2.16. The largest absolute Gasteiger partial charge is 0.326 e. The van der Waals surface area contributed by atoms with Crippen molar-refractivity contribution in [2.45, 2.75) is 33.2 Å².